The van der Waals surface area contributed by atoms with Crippen LogP contribution in [-0.4, -0.2) is 49.6 Å². The summed E-state index contributed by atoms with van der Waals surface area (Å²) >= 11 is 0. The normalized spacial score (nSPS) is 33.6. The van der Waals surface area contributed by atoms with Gasteiger partial charge in [-0.05, 0) is 50.7 Å². The van der Waals surface area contributed by atoms with Gasteiger partial charge in [0.05, 0.1) is 6.54 Å². The summed E-state index contributed by atoms with van der Waals surface area (Å²) in [6.45, 7) is 5.15. The fraction of sp³-hybridized carbons (Fsp3) is 0.929. The lowest BCUT2D eigenvalue weighted by molar-refractivity contribution is -0.123. The van der Waals surface area contributed by atoms with Crippen molar-refractivity contribution in [3.05, 3.63) is 0 Å². The molecule has 3 rings (SSSR count). The van der Waals surface area contributed by atoms with E-state index in [9.17, 15) is 4.79 Å². The molecule has 3 aliphatic rings. The third-order valence-electron chi connectivity index (χ3n) is 4.88. The number of hydrogen-bond donors (Lipinski definition) is 2. The van der Waals surface area contributed by atoms with Crippen LogP contribution in [0.15, 0.2) is 0 Å². The van der Waals surface area contributed by atoms with Crippen molar-refractivity contribution < 1.29 is 4.79 Å². The van der Waals surface area contributed by atoms with Gasteiger partial charge in [-0.25, -0.2) is 0 Å². The maximum atomic E-state index is 12.0. The van der Waals surface area contributed by atoms with Gasteiger partial charge in [0.15, 0.2) is 0 Å². The van der Waals surface area contributed by atoms with Gasteiger partial charge in [0.25, 0.3) is 0 Å². The molecule has 4 nitrogen and oxygen atoms in total. The van der Waals surface area contributed by atoms with Crippen LogP contribution in [-0.2, 0) is 4.79 Å². The van der Waals surface area contributed by atoms with Gasteiger partial charge in [0, 0.05) is 12.6 Å². The average molecular weight is 251 g/mol. The maximum Gasteiger partial charge on any atom is 0.234 e. The van der Waals surface area contributed by atoms with Gasteiger partial charge in [-0.15, -0.1) is 0 Å². The first-order valence-electron chi connectivity index (χ1n) is 7.53. The molecular formula is C14H25N3O. The number of carbonyl (C=O) groups excluding carboxylic acids is 1. The number of amides is 1. The summed E-state index contributed by atoms with van der Waals surface area (Å²) in [5.41, 5.74) is 0. The van der Waals surface area contributed by atoms with E-state index in [1.165, 1.54) is 38.6 Å². The molecule has 102 valence electrons. The minimum absolute atomic E-state index is 0.242. The van der Waals surface area contributed by atoms with Gasteiger partial charge in [-0.3, -0.25) is 9.69 Å². The second-order valence-electron chi connectivity index (χ2n) is 6.25. The monoisotopic (exact) mass is 251 g/mol. The number of piperidine rings is 1. The Hall–Kier alpha value is -0.610. The minimum atomic E-state index is 0.242. The van der Waals surface area contributed by atoms with Gasteiger partial charge in [-0.1, -0.05) is 12.8 Å². The first kappa shape index (κ1) is 12.4. The number of nitrogens with zero attached hydrogens (tertiary/aromatic N) is 1. The molecular weight excluding hydrogens is 226 g/mol. The topological polar surface area (TPSA) is 44.4 Å². The predicted octanol–water partition coefficient (Wildman–Crippen LogP) is 0.587. The highest BCUT2D eigenvalue weighted by Gasteiger charge is 2.33. The summed E-state index contributed by atoms with van der Waals surface area (Å²) < 4.78 is 0. The largest absolute Gasteiger partial charge is 0.352 e. The molecule has 2 aliphatic heterocycles. The van der Waals surface area contributed by atoms with Crippen molar-refractivity contribution in [3.8, 4) is 0 Å². The minimum Gasteiger partial charge on any atom is -0.352 e. The molecule has 3 fully saturated rings. The van der Waals surface area contributed by atoms with Crippen LogP contribution in [0.25, 0.3) is 0 Å². The lowest BCUT2D eigenvalue weighted by Crippen LogP contribution is -2.46. The van der Waals surface area contributed by atoms with E-state index >= 15 is 0 Å². The first-order chi connectivity index (χ1) is 8.81. The molecule has 2 heterocycles. The summed E-state index contributed by atoms with van der Waals surface area (Å²) in [6, 6.07) is 0.461. The number of rotatable bonds is 3. The van der Waals surface area contributed by atoms with Crippen LogP contribution in [0.3, 0.4) is 0 Å². The molecule has 4 heteroatoms. The molecule has 1 amide bonds. The van der Waals surface area contributed by atoms with E-state index < -0.39 is 0 Å². The summed E-state index contributed by atoms with van der Waals surface area (Å²) in [5, 5.41) is 6.66. The molecule has 2 atom stereocenters. The molecule has 0 bridgehead atoms. The van der Waals surface area contributed by atoms with Gasteiger partial charge in [-0.2, -0.15) is 0 Å². The van der Waals surface area contributed by atoms with E-state index in [0.29, 0.717) is 12.6 Å². The van der Waals surface area contributed by atoms with E-state index in [1.54, 1.807) is 0 Å². The Bertz CT molecular complexity index is 301. The van der Waals surface area contributed by atoms with E-state index in [0.717, 1.165) is 31.5 Å². The van der Waals surface area contributed by atoms with Gasteiger partial charge in [0.1, 0.15) is 0 Å². The van der Waals surface area contributed by atoms with Crippen molar-refractivity contribution in [1.29, 1.82) is 0 Å². The van der Waals surface area contributed by atoms with Crippen molar-refractivity contribution in [1.82, 2.24) is 15.5 Å². The molecule has 0 aromatic carbocycles. The third kappa shape index (κ3) is 2.86. The molecule has 2 unspecified atom stereocenters. The molecule has 1 aliphatic carbocycles. The van der Waals surface area contributed by atoms with Gasteiger partial charge < -0.3 is 10.6 Å². The zero-order chi connectivity index (χ0) is 12.4. The van der Waals surface area contributed by atoms with Crippen molar-refractivity contribution in [2.45, 2.75) is 38.1 Å². The van der Waals surface area contributed by atoms with Crippen LogP contribution in [0.1, 0.15) is 32.1 Å². The Morgan fingerprint density at radius 3 is 2.78 bits per heavy atom. The van der Waals surface area contributed by atoms with Crippen LogP contribution < -0.4 is 10.6 Å². The third-order valence-corrected chi connectivity index (χ3v) is 4.88. The lowest BCUT2D eigenvalue weighted by Gasteiger charge is -2.34. The van der Waals surface area contributed by atoms with Crippen molar-refractivity contribution in [2.24, 2.45) is 11.8 Å². The fourth-order valence-corrected chi connectivity index (χ4v) is 3.80. The number of carbonyl (C=O) groups is 1. The fourth-order valence-electron chi connectivity index (χ4n) is 3.80. The number of likely N-dealkylation sites (tertiary alicyclic amines) is 1. The lowest BCUT2D eigenvalue weighted by atomic mass is 9.89. The SMILES string of the molecule is O=C(CN1CCC2CNCC2C1)NC1CCCC1. The van der Waals surface area contributed by atoms with E-state index in [1.807, 2.05) is 0 Å². The predicted molar refractivity (Wildman–Crippen MR) is 71.3 cm³/mol. The standard InChI is InChI=1S/C14H25N3O/c18-14(16-13-3-1-2-4-13)10-17-6-5-11-7-15-8-12(11)9-17/h11-13,15H,1-10H2,(H,16,18). The van der Waals surface area contributed by atoms with Crippen molar-refractivity contribution in [3.63, 3.8) is 0 Å². The average Bonchev–Trinajstić information content (AvgIpc) is 2.98. The van der Waals surface area contributed by atoms with Crippen molar-refractivity contribution >= 4 is 5.91 Å². The summed E-state index contributed by atoms with van der Waals surface area (Å²) in [6.07, 6.45) is 6.18. The van der Waals surface area contributed by atoms with Crippen LogP contribution in [0, 0.1) is 11.8 Å². The van der Waals surface area contributed by atoms with E-state index in [4.69, 9.17) is 0 Å². The Kier molecular flexibility index (Phi) is 3.85. The summed E-state index contributed by atoms with van der Waals surface area (Å²) in [5.74, 6) is 1.88. The van der Waals surface area contributed by atoms with Crippen LogP contribution >= 0.6 is 0 Å². The highest BCUT2D eigenvalue weighted by molar-refractivity contribution is 5.78. The zero-order valence-corrected chi connectivity index (χ0v) is 11.2. The molecule has 2 N–H and O–H groups in total. The van der Waals surface area contributed by atoms with Crippen LogP contribution in [0.4, 0.5) is 0 Å². The Morgan fingerprint density at radius 2 is 1.94 bits per heavy atom. The number of fused-ring (bicyclic) bond motifs is 1. The maximum absolute atomic E-state index is 12.0. The zero-order valence-electron chi connectivity index (χ0n) is 11.2. The van der Waals surface area contributed by atoms with Gasteiger partial charge in [0.2, 0.25) is 5.91 Å². The smallest absolute Gasteiger partial charge is 0.234 e. The van der Waals surface area contributed by atoms with Crippen molar-refractivity contribution in [2.75, 3.05) is 32.7 Å². The second kappa shape index (κ2) is 5.57. The molecule has 0 spiro atoms. The molecule has 0 radical (unpaired) electrons. The molecule has 2 saturated heterocycles. The molecule has 1 saturated carbocycles. The number of nitrogens with one attached hydrogen (secondary N) is 2. The van der Waals surface area contributed by atoms with E-state index in [2.05, 4.69) is 15.5 Å². The second-order valence-corrected chi connectivity index (χ2v) is 6.25. The Labute approximate surface area is 109 Å². The Balaban J connectivity index is 1.43. The summed E-state index contributed by atoms with van der Waals surface area (Å²) in [4.78, 5) is 14.3. The molecule has 18 heavy (non-hydrogen) atoms. The van der Waals surface area contributed by atoms with Crippen LogP contribution in [0.5, 0.6) is 0 Å². The quantitative estimate of drug-likeness (QED) is 0.771. The highest BCUT2D eigenvalue weighted by atomic mass is 16.2. The molecule has 0 aromatic heterocycles. The van der Waals surface area contributed by atoms with E-state index in [-0.39, 0.29) is 5.91 Å². The number of hydrogen-bond acceptors (Lipinski definition) is 3. The summed E-state index contributed by atoms with van der Waals surface area (Å²) in [7, 11) is 0. The van der Waals surface area contributed by atoms with Gasteiger partial charge >= 0.3 is 0 Å². The van der Waals surface area contributed by atoms with Crippen LogP contribution in [0.2, 0.25) is 0 Å². The first-order valence-corrected chi connectivity index (χ1v) is 7.53. The molecule has 0 aromatic rings. The Morgan fingerprint density at radius 1 is 1.17 bits per heavy atom. The highest BCUT2D eigenvalue weighted by Crippen LogP contribution is 2.26.